The molecule has 1 saturated heterocycles. The van der Waals surface area contributed by atoms with Crippen LogP contribution in [0.1, 0.15) is 30.7 Å². The minimum atomic E-state index is 0.195. The van der Waals surface area contributed by atoms with E-state index in [9.17, 15) is 0 Å². The molecule has 0 aromatic carbocycles. The minimum absolute atomic E-state index is 0.195. The molecule has 112 valence electrons. The van der Waals surface area contributed by atoms with Crippen LogP contribution < -0.4 is 4.90 Å². The summed E-state index contributed by atoms with van der Waals surface area (Å²) >= 11 is 8.26. The molecule has 0 spiro atoms. The van der Waals surface area contributed by atoms with Gasteiger partial charge in [-0.05, 0) is 38.7 Å². The molecule has 0 bridgehead atoms. The Morgan fingerprint density at radius 3 is 2.71 bits per heavy atom. The van der Waals surface area contributed by atoms with E-state index in [0.29, 0.717) is 5.15 Å². The second-order valence-electron chi connectivity index (χ2n) is 6.01. The smallest absolute Gasteiger partial charge is 0.228 e. The van der Waals surface area contributed by atoms with Crippen LogP contribution in [0.4, 0.5) is 5.95 Å². The lowest BCUT2D eigenvalue weighted by molar-refractivity contribution is -0.00569. The molecule has 2 aromatic rings. The Morgan fingerprint density at radius 1 is 1.19 bits per heavy atom. The van der Waals surface area contributed by atoms with Crippen LogP contribution in [0.5, 0.6) is 0 Å². The Morgan fingerprint density at radius 2 is 1.95 bits per heavy atom. The van der Waals surface area contributed by atoms with Crippen LogP contribution in [0.2, 0.25) is 5.15 Å². The number of hydrogen-bond donors (Lipinski definition) is 0. The number of thiophene rings is 1. The van der Waals surface area contributed by atoms with Crippen molar-refractivity contribution in [3.05, 3.63) is 15.6 Å². The molecule has 1 aliphatic heterocycles. The van der Waals surface area contributed by atoms with Crippen molar-refractivity contribution in [2.45, 2.75) is 45.3 Å². The van der Waals surface area contributed by atoms with Gasteiger partial charge < -0.3 is 9.64 Å². The molecule has 2 atom stereocenters. The van der Waals surface area contributed by atoms with Crippen LogP contribution in [-0.2, 0) is 17.6 Å². The number of rotatable bonds is 1. The number of fused-ring (bicyclic) bond motifs is 3. The van der Waals surface area contributed by atoms with Crippen molar-refractivity contribution in [2.24, 2.45) is 0 Å². The fourth-order valence-electron chi connectivity index (χ4n) is 3.42. The molecule has 2 aromatic heterocycles. The Kier molecular flexibility index (Phi) is 3.32. The first-order valence-corrected chi connectivity index (χ1v) is 8.69. The van der Waals surface area contributed by atoms with Gasteiger partial charge in [0.2, 0.25) is 5.95 Å². The highest BCUT2D eigenvalue weighted by molar-refractivity contribution is 7.19. The topological polar surface area (TPSA) is 38.2 Å². The largest absolute Gasteiger partial charge is 0.372 e. The number of aromatic nitrogens is 2. The maximum Gasteiger partial charge on any atom is 0.228 e. The Labute approximate surface area is 133 Å². The van der Waals surface area contributed by atoms with Crippen LogP contribution in [0.15, 0.2) is 0 Å². The summed E-state index contributed by atoms with van der Waals surface area (Å²) in [5, 5.41) is 1.70. The van der Waals surface area contributed by atoms with Crippen LogP contribution in [0.3, 0.4) is 0 Å². The third-order valence-electron chi connectivity index (χ3n) is 4.21. The fraction of sp³-hybridized carbons (Fsp3) is 0.600. The van der Waals surface area contributed by atoms with Gasteiger partial charge in [0.15, 0.2) is 0 Å². The molecule has 21 heavy (non-hydrogen) atoms. The minimum Gasteiger partial charge on any atom is -0.372 e. The van der Waals surface area contributed by atoms with Crippen LogP contribution in [0.25, 0.3) is 10.2 Å². The standard InChI is InChI=1S/C15H18ClN3OS/c1-8-6-19(7-9(2)20-8)15-17-13(16)12-10-4-3-5-11(10)21-14(12)18-15/h8-9H,3-7H2,1-2H3. The molecule has 1 fully saturated rings. The first kappa shape index (κ1) is 13.7. The van der Waals surface area contributed by atoms with Gasteiger partial charge in [-0.3, -0.25) is 0 Å². The van der Waals surface area contributed by atoms with Gasteiger partial charge in [0, 0.05) is 18.0 Å². The number of aryl methyl sites for hydroxylation is 2. The first-order chi connectivity index (χ1) is 10.1. The zero-order chi connectivity index (χ0) is 14.6. The van der Waals surface area contributed by atoms with E-state index in [1.807, 2.05) is 0 Å². The second kappa shape index (κ2) is 5.07. The summed E-state index contributed by atoms with van der Waals surface area (Å²) in [6.07, 6.45) is 3.89. The van der Waals surface area contributed by atoms with Gasteiger partial charge in [-0.2, -0.15) is 0 Å². The van der Waals surface area contributed by atoms with Gasteiger partial charge in [0.25, 0.3) is 0 Å². The summed E-state index contributed by atoms with van der Waals surface area (Å²) in [4.78, 5) is 14.0. The summed E-state index contributed by atoms with van der Waals surface area (Å²) in [6, 6.07) is 0. The maximum atomic E-state index is 6.48. The Balaban J connectivity index is 1.77. The normalized spacial score (nSPS) is 25.6. The number of nitrogens with zero attached hydrogens (tertiary/aromatic N) is 3. The van der Waals surface area contributed by atoms with E-state index in [-0.39, 0.29) is 12.2 Å². The molecule has 2 unspecified atom stereocenters. The Hall–Kier alpha value is -0.910. The zero-order valence-electron chi connectivity index (χ0n) is 12.2. The van der Waals surface area contributed by atoms with Crippen molar-refractivity contribution in [1.29, 1.82) is 0 Å². The summed E-state index contributed by atoms with van der Waals surface area (Å²) in [5.74, 6) is 0.745. The van der Waals surface area contributed by atoms with E-state index < -0.39 is 0 Å². The first-order valence-electron chi connectivity index (χ1n) is 7.50. The van der Waals surface area contributed by atoms with E-state index in [2.05, 4.69) is 23.7 Å². The number of halogens is 1. The molecule has 0 saturated carbocycles. The van der Waals surface area contributed by atoms with Gasteiger partial charge in [-0.15, -0.1) is 11.3 Å². The fourth-order valence-corrected chi connectivity index (χ4v) is 5.02. The lowest BCUT2D eigenvalue weighted by Gasteiger charge is -2.35. The highest BCUT2D eigenvalue weighted by Gasteiger charge is 2.27. The summed E-state index contributed by atoms with van der Waals surface area (Å²) in [6.45, 7) is 5.81. The van der Waals surface area contributed by atoms with Crippen molar-refractivity contribution in [3.63, 3.8) is 0 Å². The lowest BCUT2D eigenvalue weighted by Crippen LogP contribution is -2.46. The third kappa shape index (κ3) is 2.31. The summed E-state index contributed by atoms with van der Waals surface area (Å²) in [5.41, 5.74) is 1.38. The average molecular weight is 324 g/mol. The number of hydrogen-bond acceptors (Lipinski definition) is 5. The van der Waals surface area contributed by atoms with Crippen molar-refractivity contribution in [1.82, 2.24) is 9.97 Å². The van der Waals surface area contributed by atoms with Crippen LogP contribution in [0, 0.1) is 0 Å². The number of morpholine rings is 1. The molecule has 0 amide bonds. The lowest BCUT2D eigenvalue weighted by atomic mass is 10.2. The van der Waals surface area contributed by atoms with Crippen molar-refractivity contribution < 1.29 is 4.74 Å². The molecule has 1 aliphatic carbocycles. The van der Waals surface area contributed by atoms with E-state index in [4.69, 9.17) is 21.3 Å². The SMILES string of the molecule is CC1CN(c2nc(Cl)c3c4c(sc3n2)CCC4)CC(C)O1. The zero-order valence-corrected chi connectivity index (χ0v) is 13.8. The summed E-state index contributed by atoms with van der Waals surface area (Å²) in [7, 11) is 0. The van der Waals surface area contributed by atoms with Crippen LogP contribution >= 0.6 is 22.9 Å². The molecule has 0 radical (unpaired) electrons. The molecular formula is C15H18ClN3OS. The van der Waals surface area contributed by atoms with Gasteiger partial charge in [0.05, 0.1) is 17.6 Å². The average Bonchev–Trinajstić information content (AvgIpc) is 2.96. The quantitative estimate of drug-likeness (QED) is 0.753. The number of ether oxygens (including phenoxy) is 1. The van der Waals surface area contributed by atoms with E-state index >= 15 is 0 Å². The predicted octanol–water partition coefficient (Wildman–Crippen LogP) is 3.45. The van der Waals surface area contributed by atoms with Crippen molar-refractivity contribution >= 4 is 39.1 Å². The van der Waals surface area contributed by atoms with E-state index in [1.54, 1.807) is 11.3 Å². The van der Waals surface area contributed by atoms with Gasteiger partial charge >= 0.3 is 0 Å². The van der Waals surface area contributed by atoms with Gasteiger partial charge in [-0.25, -0.2) is 9.97 Å². The van der Waals surface area contributed by atoms with Crippen molar-refractivity contribution in [3.8, 4) is 0 Å². The summed E-state index contributed by atoms with van der Waals surface area (Å²) < 4.78 is 5.78. The second-order valence-corrected chi connectivity index (χ2v) is 7.46. The monoisotopic (exact) mass is 323 g/mol. The van der Waals surface area contributed by atoms with Crippen LogP contribution in [-0.4, -0.2) is 35.3 Å². The molecule has 2 aliphatic rings. The molecule has 3 heterocycles. The third-order valence-corrected chi connectivity index (χ3v) is 5.67. The number of anilines is 1. The van der Waals surface area contributed by atoms with Gasteiger partial charge in [0.1, 0.15) is 9.98 Å². The molecule has 0 N–H and O–H groups in total. The van der Waals surface area contributed by atoms with Gasteiger partial charge in [-0.1, -0.05) is 11.6 Å². The molecule has 6 heteroatoms. The van der Waals surface area contributed by atoms with E-state index in [0.717, 1.165) is 42.1 Å². The molecule has 4 rings (SSSR count). The Bertz CT molecular complexity index is 692. The molecule has 4 nitrogen and oxygen atoms in total. The highest BCUT2D eigenvalue weighted by Crippen LogP contribution is 2.40. The maximum absolute atomic E-state index is 6.48. The molecular weight excluding hydrogens is 306 g/mol. The highest BCUT2D eigenvalue weighted by atomic mass is 35.5. The van der Waals surface area contributed by atoms with Crippen molar-refractivity contribution in [2.75, 3.05) is 18.0 Å². The van der Waals surface area contributed by atoms with E-state index in [1.165, 1.54) is 16.9 Å². The predicted molar refractivity (Wildman–Crippen MR) is 86.7 cm³/mol.